The molecule has 0 aromatic carbocycles. The zero-order chi connectivity index (χ0) is 47.3. The molecule has 1 fully saturated rings. The van der Waals surface area contributed by atoms with E-state index >= 15 is 0 Å². The minimum absolute atomic E-state index is 0.132. The van der Waals surface area contributed by atoms with Gasteiger partial charge in [-0.3, -0.25) is 4.79 Å². The van der Waals surface area contributed by atoms with Crippen LogP contribution in [0.15, 0.2) is 0 Å². The lowest BCUT2D eigenvalue weighted by atomic mass is 9.99. The Hall–Kier alpha value is -0.810. The fraction of sp³-hybridized carbons (Fsp3) is 0.982. The number of nitrogens with one attached hydrogen (secondary N) is 1. The lowest BCUT2D eigenvalue weighted by Crippen LogP contribution is -2.60. The SMILES string of the molecule is CCCCCCCCCCCCCCCCCCCCCCCCCCCCCCCCCC(=O)NC(COC1OC(CO)C(O)C(O)C1O)C(O)CCCCCCCCCCCCC. The number of aliphatic hydroxyl groups excluding tert-OH is 5. The molecule has 9 nitrogen and oxygen atoms in total. The largest absolute Gasteiger partial charge is 0.394 e. The molecule has 1 aliphatic heterocycles. The molecule has 1 aliphatic rings. The van der Waals surface area contributed by atoms with Crippen molar-refractivity contribution < 1.29 is 39.8 Å². The van der Waals surface area contributed by atoms with E-state index in [2.05, 4.69) is 19.2 Å². The Morgan fingerprint density at radius 1 is 0.462 bits per heavy atom. The monoisotopic (exact) mass is 926 g/mol. The van der Waals surface area contributed by atoms with Crippen LogP contribution in [-0.4, -0.2) is 87.5 Å². The van der Waals surface area contributed by atoms with E-state index in [4.69, 9.17) is 9.47 Å². The fourth-order valence-corrected chi connectivity index (χ4v) is 9.64. The first-order chi connectivity index (χ1) is 31.8. The van der Waals surface area contributed by atoms with E-state index in [1.807, 2.05) is 0 Å². The maximum atomic E-state index is 13.0. The number of hydrogen-bond acceptors (Lipinski definition) is 8. The Balaban J connectivity index is 2.07. The second kappa shape index (κ2) is 46.9. The van der Waals surface area contributed by atoms with Crippen LogP contribution in [0.25, 0.3) is 0 Å². The third-order valence-corrected chi connectivity index (χ3v) is 14.2. The molecular weight excluding hydrogens is 815 g/mol. The third kappa shape index (κ3) is 36.8. The van der Waals surface area contributed by atoms with Crippen molar-refractivity contribution in [3.05, 3.63) is 0 Å². The summed E-state index contributed by atoms with van der Waals surface area (Å²) in [5.41, 5.74) is 0. The summed E-state index contributed by atoms with van der Waals surface area (Å²) in [5, 5.41) is 54.5. The van der Waals surface area contributed by atoms with E-state index in [1.54, 1.807) is 0 Å². The van der Waals surface area contributed by atoms with E-state index in [0.717, 1.165) is 38.5 Å². The van der Waals surface area contributed by atoms with Gasteiger partial charge in [-0.1, -0.05) is 277 Å². The molecule has 0 aromatic rings. The summed E-state index contributed by atoms with van der Waals surface area (Å²) >= 11 is 0. The van der Waals surface area contributed by atoms with Crippen LogP contribution >= 0.6 is 0 Å². The molecule has 0 aromatic heterocycles. The van der Waals surface area contributed by atoms with Crippen LogP contribution in [-0.2, 0) is 14.3 Å². The molecule has 388 valence electrons. The van der Waals surface area contributed by atoms with Crippen molar-refractivity contribution in [2.75, 3.05) is 13.2 Å². The molecule has 65 heavy (non-hydrogen) atoms. The second-order valence-electron chi connectivity index (χ2n) is 20.5. The molecule has 0 radical (unpaired) electrons. The van der Waals surface area contributed by atoms with Crippen molar-refractivity contribution in [1.29, 1.82) is 0 Å². The second-order valence-corrected chi connectivity index (χ2v) is 20.5. The Labute approximate surface area is 402 Å². The molecule has 0 bridgehead atoms. The highest BCUT2D eigenvalue weighted by Gasteiger charge is 2.44. The molecule has 0 aliphatic carbocycles. The molecule has 1 heterocycles. The van der Waals surface area contributed by atoms with E-state index < -0.39 is 49.5 Å². The molecule has 6 N–H and O–H groups in total. The van der Waals surface area contributed by atoms with Crippen LogP contribution in [0.3, 0.4) is 0 Å². The van der Waals surface area contributed by atoms with Gasteiger partial charge in [-0.15, -0.1) is 0 Å². The number of ether oxygens (including phenoxy) is 2. The smallest absolute Gasteiger partial charge is 0.220 e. The average molecular weight is 927 g/mol. The van der Waals surface area contributed by atoms with E-state index in [1.165, 1.54) is 231 Å². The highest BCUT2D eigenvalue weighted by Crippen LogP contribution is 2.23. The van der Waals surface area contributed by atoms with Crippen molar-refractivity contribution in [1.82, 2.24) is 5.32 Å². The average Bonchev–Trinajstić information content (AvgIpc) is 3.31. The number of aliphatic hydroxyl groups is 5. The fourth-order valence-electron chi connectivity index (χ4n) is 9.64. The molecule has 0 spiro atoms. The zero-order valence-corrected chi connectivity index (χ0v) is 43.0. The summed E-state index contributed by atoms with van der Waals surface area (Å²) in [6.07, 6.45) is 48.7. The quantitative estimate of drug-likeness (QED) is 0.0330. The molecule has 1 rings (SSSR count). The van der Waals surface area contributed by atoms with Gasteiger partial charge >= 0.3 is 0 Å². The maximum Gasteiger partial charge on any atom is 0.220 e. The van der Waals surface area contributed by atoms with E-state index in [-0.39, 0.29) is 12.5 Å². The minimum Gasteiger partial charge on any atom is -0.394 e. The van der Waals surface area contributed by atoms with E-state index in [9.17, 15) is 30.3 Å². The number of unbranched alkanes of at least 4 members (excludes halogenated alkanes) is 40. The highest BCUT2D eigenvalue weighted by atomic mass is 16.7. The molecule has 1 saturated heterocycles. The van der Waals surface area contributed by atoms with Crippen LogP contribution in [0.4, 0.5) is 0 Å². The molecule has 7 unspecified atom stereocenters. The van der Waals surface area contributed by atoms with Crippen LogP contribution in [0.5, 0.6) is 0 Å². The van der Waals surface area contributed by atoms with Crippen LogP contribution in [0.1, 0.15) is 296 Å². The van der Waals surface area contributed by atoms with Crippen molar-refractivity contribution in [3.63, 3.8) is 0 Å². The van der Waals surface area contributed by atoms with Gasteiger partial charge in [0.1, 0.15) is 24.4 Å². The molecule has 1 amide bonds. The Morgan fingerprint density at radius 3 is 1.09 bits per heavy atom. The van der Waals surface area contributed by atoms with Gasteiger partial charge in [0, 0.05) is 6.42 Å². The van der Waals surface area contributed by atoms with Gasteiger partial charge in [-0.05, 0) is 12.8 Å². The molecular formula is C56H111NO8. The topological polar surface area (TPSA) is 149 Å². The van der Waals surface area contributed by atoms with Gasteiger partial charge < -0.3 is 40.3 Å². The van der Waals surface area contributed by atoms with Gasteiger partial charge in [0.25, 0.3) is 0 Å². The molecule has 7 atom stereocenters. The first-order valence-corrected chi connectivity index (χ1v) is 28.7. The Bertz CT molecular complexity index is 986. The summed E-state index contributed by atoms with van der Waals surface area (Å²) < 4.78 is 11.3. The van der Waals surface area contributed by atoms with Gasteiger partial charge in [0.2, 0.25) is 5.91 Å². The summed E-state index contributed by atoms with van der Waals surface area (Å²) in [6.45, 7) is 3.86. The Morgan fingerprint density at radius 2 is 0.769 bits per heavy atom. The zero-order valence-electron chi connectivity index (χ0n) is 43.0. The van der Waals surface area contributed by atoms with Gasteiger partial charge in [0.05, 0.1) is 25.4 Å². The normalized spacial score (nSPS) is 19.8. The number of amides is 1. The number of hydrogen-bond donors (Lipinski definition) is 6. The standard InChI is InChI=1S/C56H111NO8/c1-3-5-7-9-11-13-15-16-17-18-19-20-21-22-23-24-25-26-27-28-29-30-31-32-33-34-36-38-40-42-44-46-52(60)57-49(48-64-56-55(63)54(62)53(61)51(47-58)65-56)50(59)45-43-41-39-37-35-14-12-10-8-6-4-2/h49-51,53-56,58-59,61-63H,3-48H2,1-2H3,(H,57,60). The number of carbonyl (C=O) groups is 1. The number of rotatable bonds is 50. The minimum atomic E-state index is -1.55. The highest BCUT2D eigenvalue weighted by molar-refractivity contribution is 5.76. The Kier molecular flexibility index (Phi) is 44.9. The summed E-state index contributed by atoms with van der Waals surface area (Å²) in [7, 11) is 0. The van der Waals surface area contributed by atoms with Crippen molar-refractivity contribution in [3.8, 4) is 0 Å². The van der Waals surface area contributed by atoms with Crippen molar-refractivity contribution in [2.24, 2.45) is 0 Å². The molecule has 0 saturated carbocycles. The number of carbonyl (C=O) groups excluding carboxylic acids is 1. The first kappa shape index (κ1) is 62.2. The summed E-state index contributed by atoms with van der Waals surface area (Å²) in [5.74, 6) is -0.138. The lowest BCUT2D eigenvalue weighted by Gasteiger charge is -2.40. The molecule has 9 heteroatoms. The van der Waals surface area contributed by atoms with Crippen LogP contribution < -0.4 is 5.32 Å². The summed E-state index contributed by atoms with van der Waals surface area (Å²) in [4.78, 5) is 13.0. The summed E-state index contributed by atoms with van der Waals surface area (Å²) in [6, 6.07) is -0.712. The predicted molar refractivity (Wildman–Crippen MR) is 272 cm³/mol. The van der Waals surface area contributed by atoms with Crippen molar-refractivity contribution >= 4 is 5.91 Å². The van der Waals surface area contributed by atoms with Crippen molar-refractivity contribution in [2.45, 2.75) is 339 Å². The third-order valence-electron chi connectivity index (χ3n) is 14.2. The predicted octanol–water partition coefficient (Wildman–Crippen LogP) is 13.9. The lowest BCUT2D eigenvalue weighted by molar-refractivity contribution is -0.302. The van der Waals surface area contributed by atoms with Crippen LogP contribution in [0, 0.1) is 0 Å². The maximum absolute atomic E-state index is 13.0. The van der Waals surface area contributed by atoms with Gasteiger partial charge in [-0.25, -0.2) is 0 Å². The van der Waals surface area contributed by atoms with Crippen LogP contribution in [0.2, 0.25) is 0 Å². The van der Waals surface area contributed by atoms with Gasteiger partial charge in [0.15, 0.2) is 6.29 Å². The van der Waals surface area contributed by atoms with Gasteiger partial charge in [-0.2, -0.15) is 0 Å². The first-order valence-electron chi connectivity index (χ1n) is 28.7. The van der Waals surface area contributed by atoms with E-state index in [0.29, 0.717) is 12.8 Å².